The van der Waals surface area contributed by atoms with Crippen molar-refractivity contribution in [3.63, 3.8) is 0 Å². The number of rotatable bonds is 5. The molecule has 3 rings (SSSR count). The molecule has 0 bridgehead atoms. The molecule has 1 aliphatic rings. The standard InChI is InChI=1S/C18H14N2O6S2/c1-26-18(21)13-11-14(19-9-5-6-10-19)16(27-12-7-3-2-4-8-12)15(20(22)23)17(13)28(24)25/h2-11,13H,1H3. The first kappa shape index (κ1) is 19.6. The molecule has 1 heterocycles. The summed E-state index contributed by atoms with van der Waals surface area (Å²) >= 11 is 1.05. The van der Waals surface area contributed by atoms with Gasteiger partial charge in [-0.05, 0) is 30.3 Å². The Morgan fingerprint density at radius 1 is 1.18 bits per heavy atom. The van der Waals surface area contributed by atoms with Gasteiger partial charge in [0.2, 0.25) is 10.3 Å². The fourth-order valence-electron chi connectivity index (χ4n) is 2.75. The fourth-order valence-corrected chi connectivity index (χ4v) is 4.61. The van der Waals surface area contributed by atoms with Crippen molar-refractivity contribution in [3.8, 4) is 0 Å². The molecule has 1 atom stereocenters. The number of carbonyl (C=O) groups excluding carboxylic acids is 1. The van der Waals surface area contributed by atoms with E-state index >= 15 is 0 Å². The third-order valence-electron chi connectivity index (χ3n) is 3.95. The van der Waals surface area contributed by atoms with Crippen molar-refractivity contribution in [2.45, 2.75) is 4.90 Å². The van der Waals surface area contributed by atoms with E-state index < -0.39 is 37.7 Å². The van der Waals surface area contributed by atoms with Crippen molar-refractivity contribution in [1.29, 1.82) is 0 Å². The van der Waals surface area contributed by atoms with Gasteiger partial charge in [0, 0.05) is 17.3 Å². The van der Waals surface area contributed by atoms with E-state index in [2.05, 4.69) is 4.74 Å². The number of nitro groups is 1. The predicted octanol–water partition coefficient (Wildman–Crippen LogP) is 2.46. The molecular formula is C18H14N2O6S2. The average Bonchev–Trinajstić information content (AvgIpc) is 3.21. The lowest BCUT2D eigenvalue weighted by atomic mass is 9.96. The third-order valence-corrected chi connectivity index (χ3v) is 5.87. The minimum Gasteiger partial charge on any atom is -0.468 e. The maximum Gasteiger partial charge on any atom is 0.318 e. The van der Waals surface area contributed by atoms with Gasteiger partial charge in [-0.15, -0.1) is 0 Å². The molecule has 28 heavy (non-hydrogen) atoms. The minimum atomic E-state index is -3.00. The number of esters is 1. The molecule has 0 N–H and O–H groups in total. The van der Waals surface area contributed by atoms with Crippen LogP contribution in [-0.4, -0.2) is 35.9 Å². The van der Waals surface area contributed by atoms with Crippen LogP contribution in [0.15, 0.2) is 76.4 Å². The lowest BCUT2D eigenvalue weighted by molar-refractivity contribution is -0.415. The summed E-state index contributed by atoms with van der Waals surface area (Å²) in [6, 6.07) is 12.3. The Balaban J connectivity index is 2.31. The molecule has 0 saturated heterocycles. The van der Waals surface area contributed by atoms with Crippen molar-refractivity contribution < 1.29 is 22.9 Å². The number of ether oxygens (including phenoxy) is 1. The second-order valence-electron chi connectivity index (χ2n) is 5.59. The quantitative estimate of drug-likeness (QED) is 0.318. The number of allylic oxidation sites excluding steroid dienone is 2. The molecule has 1 unspecified atom stereocenters. The number of methoxy groups -OCH3 is 1. The largest absolute Gasteiger partial charge is 0.468 e. The van der Waals surface area contributed by atoms with Gasteiger partial charge in [-0.1, -0.05) is 30.0 Å². The van der Waals surface area contributed by atoms with E-state index in [1.807, 2.05) is 0 Å². The maximum atomic E-state index is 12.2. The number of benzene rings is 1. The van der Waals surface area contributed by atoms with Crippen LogP contribution in [0.3, 0.4) is 0 Å². The first-order valence-corrected chi connectivity index (χ1v) is 9.84. The van der Waals surface area contributed by atoms with Crippen molar-refractivity contribution in [2.24, 2.45) is 5.92 Å². The van der Waals surface area contributed by atoms with Crippen LogP contribution in [-0.2, 0) is 19.8 Å². The zero-order valence-electron chi connectivity index (χ0n) is 14.5. The first-order chi connectivity index (χ1) is 13.4. The number of hydrogen-bond acceptors (Lipinski definition) is 7. The number of hydrogen-bond donors (Lipinski definition) is 0. The highest BCUT2D eigenvalue weighted by Crippen LogP contribution is 2.41. The number of nitrogens with zero attached hydrogens (tertiary/aromatic N) is 2. The second kappa shape index (κ2) is 8.28. The summed E-state index contributed by atoms with van der Waals surface area (Å²) in [4.78, 5) is 23.5. The molecule has 0 spiro atoms. The van der Waals surface area contributed by atoms with Crippen molar-refractivity contribution in [2.75, 3.05) is 7.11 Å². The van der Waals surface area contributed by atoms with E-state index in [1.165, 1.54) is 6.08 Å². The van der Waals surface area contributed by atoms with Crippen LogP contribution in [0.4, 0.5) is 0 Å². The summed E-state index contributed by atoms with van der Waals surface area (Å²) in [6.45, 7) is 0. The van der Waals surface area contributed by atoms with Crippen LogP contribution >= 0.6 is 11.8 Å². The Labute approximate surface area is 165 Å². The predicted molar refractivity (Wildman–Crippen MR) is 104 cm³/mol. The van der Waals surface area contributed by atoms with Gasteiger partial charge < -0.3 is 9.30 Å². The van der Waals surface area contributed by atoms with Gasteiger partial charge in [-0.2, -0.15) is 8.42 Å². The summed E-state index contributed by atoms with van der Waals surface area (Å²) in [5.74, 6) is -2.31. The molecular weight excluding hydrogens is 404 g/mol. The highest BCUT2D eigenvalue weighted by molar-refractivity contribution is 8.03. The van der Waals surface area contributed by atoms with E-state index in [1.54, 1.807) is 59.4 Å². The molecule has 2 aromatic rings. The van der Waals surface area contributed by atoms with Crippen molar-refractivity contribution >= 4 is 38.6 Å². The van der Waals surface area contributed by atoms with Gasteiger partial charge in [0.05, 0.1) is 17.7 Å². The maximum absolute atomic E-state index is 12.2. The van der Waals surface area contributed by atoms with Gasteiger partial charge in [0.1, 0.15) is 10.8 Å². The first-order valence-electron chi connectivity index (χ1n) is 7.95. The SMILES string of the molecule is COC(=O)C1C=C(n2cccc2)C(Sc2ccccc2)=C([N+](=O)[O-])C1=S(=O)=O. The minimum absolute atomic E-state index is 0.117. The van der Waals surface area contributed by atoms with E-state index in [9.17, 15) is 23.3 Å². The Bertz CT molecular complexity index is 1110. The van der Waals surface area contributed by atoms with E-state index in [0.29, 0.717) is 10.6 Å². The van der Waals surface area contributed by atoms with Crippen LogP contribution in [0.25, 0.3) is 5.70 Å². The highest BCUT2D eigenvalue weighted by atomic mass is 32.2. The number of thioether (sulfide) groups is 1. The molecule has 0 saturated carbocycles. The molecule has 1 aromatic heterocycles. The normalized spacial score (nSPS) is 16.5. The molecule has 0 aliphatic heterocycles. The zero-order valence-corrected chi connectivity index (χ0v) is 16.1. The fraction of sp³-hybridized carbons (Fsp3) is 0.111. The number of carbonyl (C=O) groups is 1. The summed E-state index contributed by atoms with van der Waals surface area (Å²) < 4.78 is 30.0. The summed E-state index contributed by atoms with van der Waals surface area (Å²) in [7, 11) is -1.90. The zero-order chi connectivity index (χ0) is 20.3. The van der Waals surface area contributed by atoms with E-state index in [-0.39, 0.29) is 4.91 Å². The molecule has 10 heteroatoms. The highest BCUT2D eigenvalue weighted by Gasteiger charge is 2.42. The smallest absolute Gasteiger partial charge is 0.318 e. The molecule has 144 valence electrons. The Morgan fingerprint density at radius 2 is 1.82 bits per heavy atom. The lowest BCUT2D eigenvalue weighted by Crippen LogP contribution is -2.32. The van der Waals surface area contributed by atoms with Gasteiger partial charge in [0.25, 0.3) is 0 Å². The number of aromatic nitrogens is 1. The van der Waals surface area contributed by atoms with Gasteiger partial charge >= 0.3 is 11.7 Å². The van der Waals surface area contributed by atoms with Gasteiger partial charge in [-0.25, -0.2) is 0 Å². The summed E-state index contributed by atoms with van der Waals surface area (Å²) in [5, 5.41) is 11.9. The van der Waals surface area contributed by atoms with Crippen LogP contribution < -0.4 is 0 Å². The van der Waals surface area contributed by atoms with E-state index in [4.69, 9.17) is 0 Å². The molecule has 0 radical (unpaired) electrons. The van der Waals surface area contributed by atoms with Crippen molar-refractivity contribution in [3.05, 3.63) is 81.7 Å². The Hall–Kier alpha value is -3.11. The average molecular weight is 418 g/mol. The molecule has 1 aliphatic carbocycles. The van der Waals surface area contributed by atoms with Crippen LogP contribution in [0, 0.1) is 16.0 Å². The third kappa shape index (κ3) is 3.78. The second-order valence-corrected chi connectivity index (χ2v) is 7.58. The Kier molecular flexibility index (Phi) is 5.81. The molecule has 8 nitrogen and oxygen atoms in total. The topological polar surface area (TPSA) is 109 Å². The van der Waals surface area contributed by atoms with Gasteiger partial charge in [-0.3, -0.25) is 14.9 Å². The lowest BCUT2D eigenvalue weighted by Gasteiger charge is -2.22. The summed E-state index contributed by atoms with van der Waals surface area (Å²) in [6.07, 6.45) is 4.68. The molecule has 1 aromatic carbocycles. The molecule has 0 amide bonds. The Morgan fingerprint density at radius 3 is 2.36 bits per heavy atom. The van der Waals surface area contributed by atoms with Crippen LogP contribution in [0.2, 0.25) is 0 Å². The molecule has 0 fully saturated rings. The van der Waals surface area contributed by atoms with Gasteiger partial charge in [0.15, 0.2) is 4.86 Å². The van der Waals surface area contributed by atoms with Crippen LogP contribution in [0.5, 0.6) is 0 Å². The summed E-state index contributed by atoms with van der Waals surface area (Å²) in [5.41, 5.74) is -0.307. The van der Waals surface area contributed by atoms with E-state index in [0.717, 1.165) is 18.9 Å². The van der Waals surface area contributed by atoms with Crippen LogP contribution in [0.1, 0.15) is 0 Å². The van der Waals surface area contributed by atoms with Crippen molar-refractivity contribution in [1.82, 2.24) is 4.57 Å². The monoisotopic (exact) mass is 418 g/mol.